The second-order valence-corrected chi connectivity index (χ2v) is 5.76. The van der Waals surface area contributed by atoms with Gasteiger partial charge in [0, 0.05) is 18.6 Å². The van der Waals surface area contributed by atoms with Crippen molar-refractivity contribution in [2.75, 3.05) is 0 Å². The van der Waals surface area contributed by atoms with Crippen LogP contribution in [-0.2, 0) is 4.79 Å². The molecule has 2 aromatic rings. The number of nitrogens with zero attached hydrogens (tertiary/aromatic N) is 3. The average molecular weight is 314 g/mol. The number of aliphatic carboxylic acids is 1. The van der Waals surface area contributed by atoms with Crippen LogP contribution in [0.1, 0.15) is 42.5 Å². The Labute approximate surface area is 133 Å². The number of carboxylic acids is 1. The molecule has 0 spiro atoms. The van der Waals surface area contributed by atoms with Gasteiger partial charge in [0.25, 0.3) is 5.91 Å². The maximum absolute atomic E-state index is 12.4. The lowest BCUT2D eigenvalue weighted by atomic mass is 9.81. The number of rotatable bonds is 4. The van der Waals surface area contributed by atoms with Gasteiger partial charge < -0.3 is 10.4 Å². The molecule has 23 heavy (non-hydrogen) atoms. The lowest BCUT2D eigenvalue weighted by Gasteiger charge is -2.33. The predicted octanol–water partition coefficient (Wildman–Crippen LogP) is 1.78. The molecule has 0 bridgehead atoms. The lowest BCUT2D eigenvalue weighted by molar-refractivity contribution is -0.145. The third-order valence-corrected chi connectivity index (χ3v) is 4.22. The molecule has 2 heterocycles. The zero-order chi connectivity index (χ0) is 16.3. The molecular formula is C16H18N4O3. The van der Waals surface area contributed by atoms with Crippen molar-refractivity contribution in [1.82, 2.24) is 20.1 Å². The largest absolute Gasteiger partial charge is 0.480 e. The third kappa shape index (κ3) is 3.08. The standard InChI is InChI=1S/C16H18N4O3/c21-14(19-16(15(22)23)7-2-1-3-8-16)12-5-6-13(17-11-12)20-10-4-9-18-20/h4-6,9-11H,1-3,7-8H2,(H,19,21)(H,22,23). The number of carbonyl (C=O) groups is 2. The van der Waals surface area contributed by atoms with Crippen molar-refractivity contribution in [3.8, 4) is 5.82 Å². The number of carboxylic acid groups (broad SMARTS) is 1. The molecule has 3 rings (SSSR count). The molecule has 2 aromatic heterocycles. The zero-order valence-electron chi connectivity index (χ0n) is 12.6. The van der Waals surface area contributed by atoms with Gasteiger partial charge in [-0.05, 0) is 31.0 Å². The van der Waals surface area contributed by atoms with Crippen molar-refractivity contribution < 1.29 is 14.7 Å². The summed E-state index contributed by atoms with van der Waals surface area (Å²) < 4.78 is 1.58. The molecule has 0 radical (unpaired) electrons. The number of hydrogen-bond acceptors (Lipinski definition) is 4. The second-order valence-electron chi connectivity index (χ2n) is 5.76. The van der Waals surface area contributed by atoms with Crippen LogP contribution < -0.4 is 5.32 Å². The molecule has 0 saturated heterocycles. The Kier molecular flexibility index (Phi) is 4.10. The number of amides is 1. The van der Waals surface area contributed by atoms with Crippen LogP contribution in [0.3, 0.4) is 0 Å². The van der Waals surface area contributed by atoms with E-state index in [9.17, 15) is 14.7 Å². The predicted molar refractivity (Wildman–Crippen MR) is 82.3 cm³/mol. The molecule has 1 aliphatic rings. The Balaban J connectivity index is 1.76. The highest BCUT2D eigenvalue weighted by Gasteiger charge is 2.41. The second kappa shape index (κ2) is 6.20. The number of nitrogens with one attached hydrogen (secondary N) is 1. The summed E-state index contributed by atoms with van der Waals surface area (Å²) in [5.74, 6) is -0.780. The molecule has 0 atom stereocenters. The first-order chi connectivity index (χ1) is 11.1. The zero-order valence-corrected chi connectivity index (χ0v) is 12.6. The highest BCUT2D eigenvalue weighted by molar-refractivity contribution is 5.97. The van der Waals surface area contributed by atoms with E-state index in [2.05, 4.69) is 15.4 Å². The molecule has 7 heteroatoms. The summed E-state index contributed by atoms with van der Waals surface area (Å²) in [4.78, 5) is 28.2. The van der Waals surface area contributed by atoms with E-state index in [1.54, 1.807) is 35.3 Å². The van der Waals surface area contributed by atoms with Crippen LogP contribution in [0.2, 0.25) is 0 Å². The Hall–Kier alpha value is -2.70. The van der Waals surface area contributed by atoms with Crippen LogP contribution in [0.4, 0.5) is 0 Å². The van der Waals surface area contributed by atoms with Gasteiger partial charge in [-0.2, -0.15) is 5.10 Å². The van der Waals surface area contributed by atoms with Gasteiger partial charge in [-0.1, -0.05) is 19.3 Å². The van der Waals surface area contributed by atoms with Crippen molar-refractivity contribution >= 4 is 11.9 Å². The van der Waals surface area contributed by atoms with E-state index in [-0.39, 0.29) is 0 Å². The van der Waals surface area contributed by atoms with Gasteiger partial charge in [0.2, 0.25) is 0 Å². The van der Waals surface area contributed by atoms with Crippen LogP contribution in [0.25, 0.3) is 5.82 Å². The van der Waals surface area contributed by atoms with Gasteiger partial charge in [0.05, 0.1) is 5.56 Å². The fourth-order valence-electron chi connectivity index (χ4n) is 2.90. The van der Waals surface area contributed by atoms with Gasteiger partial charge in [-0.3, -0.25) is 4.79 Å². The van der Waals surface area contributed by atoms with E-state index >= 15 is 0 Å². The molecule has 7 nitrogen and oxygen atoms in total. The maximum Gasteiger partial charge on any atom is 0.329 e. The van der Waals surface area contributed by atoms with Crippen LogP contribution in [0.15, 0.2) is 36.8 Å². The number of hydrogen-bond donors (Lipinski definition) is 2. The molecule has 1 saturated carbocycles. The average Bonchev–Trinajstić information content (AvgIpc) is 3.10. The fraction of sp³-hybridized carbons (Fsp3) is 0.375. The first-order valence-electron chi connectivity index (χ1n) is 7.63. The summed E-state index contributed by atoms with van der Waals surface area (Å²) in [6.45, 7) is 0. The number of aromatic nitrogens is 3. The Morgan fingerprint density at radius 2 is 2.00 bits per heavy atom. The van der Waals surface area contributed by atoms with E-state index in [1.165, 1.54) is 6.20 Å². The molecule has 0 unspecified atom stereocenters. The molecular weight excluding hydrogens is 296 g/mol. The molecule has 0 aromatic carbocycles. The summed E-state index contributed by atoms with van der Waals surface area (Å²) in [5.41, 5.74) is -0.817. The molecule has 0 aliphatic heterocycles. The van der Waals surface area contributed by atoms with Crippen molar-refractivity contribution in [2.24, 2.45) is 0 Å². The Bertz CT molecular complexity index is 689. The minimum atomic E-state index is -1.16. The number of carbonyl (C=O) groups excluding carboxylic acids is 1. The van der Waals surface area contributed by atoms with Crippen LogP contribution in [0, 0.1) is 0 Å². The van der Waals surface area contributed by atoms with Crippen molar-refractivity contribution in [3.63, 3.8) is 0 Å². The fourth-order valence-corrected chi connectivity index (χ4v) is 2.90. The molecule has 120 valence electrons. The molecule has 1 aliphatic carbocycles. The quantitative estimate of drug-likeness (QED) is 0.896. The summed E-state index contributed by atoms with van der Waals surface area (Å²) in [7, 11) is 0. The first-order valence-corrected chi connectivity index (χ1v) is 7.63. The topological polar surface area (TPSA) is 97.1 Å². The van der Waals surface area contributed by atoms with Gasteiger partial charge >= 0.3 is 5.97 Å². The van der Waals surface area contributed by atoms with E-state index in [0.717, 1.165) is 19.3 Å². The monoisotopic (exact) mass is 314 g/mol. The minimum Gasteiger partial charge on any atom is -0.480 e. The first kappa shape index (κ1) is 15.2. The van der Waals surface area contributed by atoms with E-state index in [4.69, 9.17) is 0 Å². The van der Waals surface area contributed by atoms with Gasteiger partial charge in [0.1, 0.15) is 5.54 Å². The number of pyridine rings is 1. The van der Waals surface area contributed by atoms with Crippen LogP contribution in [-0.4, -0.2) is 37.3 Å². The van der Waals surface area contributed by atoms with Crippen LogP contribution in [0.5, 0.6) is 0 Å². The Morgan fingerprint density at radius 1 is 1.22 bits per heavy atom. The van der Waals surface area contributed by atoms with E-state index in [1.807, 2.05) is 0 Å². The summed E-state index contributed by atoms with van der Waals surface area (Å²) in [6, 6.07) is 5.08. The van der Waals surface area contributed by atoms with Crippen LogP contribution >= 0.6 is 0 Å². The lowest BCUT2D eigenvalue weighted by Crippen LogP contribution is -2.55. The normalized spacial score (nSPS) is 16.7. The summed E-state index contributed by atoms with van der Waals surface area (Å²) in [6.07, 6.45) is 8.38. The van der Waals surface area contributed by atoms with E-state index < -0.39 is 17.4 Å². The maximum atomic E-state index is 12.4. The summed E-state index contributed by atoms with van der Waals surface area (Å²) >= 11 is 0. The van der Waals surface area contributed by atoms with E-state index in [0.29, 0.717) is 24.2 Å². The Morgan fingerprint density at radius 3 is 2.57 bits per heavy atom. The van der Waals surface area contributed by atoms with Gasteiger partial charge in [-0.15, -0.1) is 0 Å². The summed E-state index contributed by atoms with van der Waals surface area (Å²) in [5, 5.41) is 16.3. The molecule has 1 fully saturated rings. The van der Waals surface area contributed by atoms with Crippen molar-refractivity contribution in [1.29, 1.82) is 0 Å². The SMILES string of the molecule is O=C(NC1(C(=O)O)CCCCC1)c1ccc(-n2cccn2)nc1. The highest BCUT2D eigenvalue weighted by Crippen LogP contribution is 2.28. The smallest absolute Gasteiger partial charge is 0.329 e. The van der Waals surface area contributed by atoms with Gasteiger partial charge in [0.15, 0.2) is 5.82 Å². The molecule has 1 amide bonds. The van der Waals surface area contributed by atoms with Crippen molar-refractivity contribution in [2.45, 2.75) is 37.6 Å². The third-order valence-electron chi connectivity index (χ3n) is 4.22. The highest BCUT2D eigenvalue weighted by atomic mass is 16.4. The van der Waals surface area contributed by atoms with Gasteiger partial charge in [-0.25, -0.2) is 14.5 Å². The van der Waals surface area contributed by atoms with Crippen molar-refractivity contribution in [3.05, 3.63) is 42.4 Å². The minimum absolute atomic E-state index is 0.340. The molecule has 2 N–H and O–H groups in total.